The summed E-state index contributed by atoms with van der Waals surface area (Å²) in [6.07, 6.45) is 6.42. The number of nitrogens with one attached hydrogen (secondary N) is 1. The molecule has 0 spiro atoms. The second kappa shape index (κ2) is 8.36. The lowest BCUT2D eigenvalue weighted by Gasteiger charge is -2.39. The molecule has 3 rings (SSSR count). The molecule has 0 saturated carbocycles. The van der Waals surface area contributed by atoms with Gasteiger partial charge in [-0.05, 0) is 36.6 Å². The highest BCUT2D eigenvalue weighted by molar-refractivity contribution is 7.99. The van der Waals surface area contributed by atoms with Crippen molar-refractivity contribution in [3.05, 3.63) is 41.9 Å². The van der Waals surface area contributed by atoms with Gasteiger partial charge in [-0.3, -0.25) is 4.90 Å². The van der Waals surface area contributed by atoms with Gasteiger partial charge in [0.15, 0.2) is 0 Å². The Balaban J connectivity index is 1.80. The molecule has 2 heterocycles. The smallest absolute Gasteiger partial charge is 0.124 e. The molecule has 1 aliphatic heterocycles. The van der Waals surface area contributed by atoms with Gasteiger partial charge in [0.1, 0.15) is 12.1 Å². The average Bonchev–Trinajstić information content (AvgIpc) is 3.13. The quantitative estimate of drug-likeness (QED) is 0.737. The first-order valence-electron chi connectivity index (χ1n) is 8.84. The summed E-state index contributed by atoms with van der Waals surface area (Å²) < 4.78 is 0. The maximum atomic E-state index is 10.5. The summed E-state index contributed by atoms with van der Waals surface area (Å²) in [5.74, 6) is 0.924. The predicted molar refractivity (Wildman–Crippen MR) is 102 cm³/mol. The minimum Gasteiger partial charge on any atom is -0.392 e. The first-order valence-corrected chi connectivity index (χ1v) is 10.1. The minimum atomic E-state index is -0.397. The van der Waals surface area contributed by atoms with Crippen LogP contribution in [0.25, 0.3) is 11.3 Å². The maximum Gasteiger partial charge on any atom is 0.124 e. The fourth-order valence-electron chi connectivity index (χ4n) is 3.39. The Bertz CT molecular complexity index is 674. The zero-order valence-corrected chi connectivity index (χ0v) is 15.7. The van der Waals surface area contributed by atoms with E-state index in [2.05, 4.69) is 28.0 Å². The Labute approximate surface area is 153 Å². The molecule has 6 heteroatoms. The van der Waals surface area contributed by atoms with Crippen LogP contribution in [-0.4, -0.2) is 49.4 Å². The third-order valence-corrected chi connectivity index (χ3v) is 5.91. The Morgan fingerprint density at radius 3 is 2.76 bits per heavy atom. The number of likely N-dealkylation sites (tertiary alicyclic amines) is 1. The highest BCUT2D eigenvalue weighted by Gasteiger charge is 2.32. The van der Waals surface area contributed by atoms with Crippen LogP contribution in [0.2, 0.25) is 0 Å². The number of hydrogen-bond donors (Lipinski definition) is 3. The molecular weight excluding hydrogens is 334 g/mol. The van der Waals surface area contributed by atoms with Crippen LogP contribution < -0.4 is 0 Å². The van der Waals surface area contributed by atoms with Crippen molar-refractivity contribution in [1.29, 1.82) is 0 Å². The summed E-state index contributed by atoms with van der Waals surface area (Å²) in [7, 11) is 0. The summed E-state index contributed by atoms with van der Waals surface area (Å²) in [4.78, 5) is 10.2. The van der Waals surface area contributed by atoms with E-state index in [4.69, 9.17) is 5.11 Å². The first-order chi connectivity index (χ1) is 12.1. The van der Waals surface area contributed by atoms with E-state index < -0.39 is 6.23 Å². The summed E-state index contributed by atoms with van der Waals surface area (Å²) in [5, 5.41) is 20.1. The normalized spacial score (nSPS) is 22.9. The van der Waals surface area contributed by atoms with Gasteiger partial charge >= 0.3 is 0 Å². The molecule has 0 aliphatic carbocycles. The van der Waals surface area contributed by atoms with Gasteiger partial charge < -0.3 is 15.2 Å². The molecule has 1 aromatic carbocycles. The molecule has 136 valence electrons. The molecule has 1 aliphatic rings. The van der Waals surface area contributed by atoms with Gasteiger partial charge in [0, 0.05) is 11.8 Å². The third kappa shape index (κ3) is 4.26. The number of benzene rings is 1. The summed E-state index contributed by atoms with van der Waals surface area (Å²) in [6.45, 7) is 3.10. The lowest BCUT2D eigenvalue weighted by molar-refractivity contribution is -0.0585. The molecule has 0 radical (unpaired) electrons. The molecule has 1 aromatic heterocycles. The molecule has 0 bridgehead atoms. The van der Waals surface area contributed by atoms with Crippen molar-refractivity contribution in [2.75, 3.05) is 12.8 Å². The van der Waals surface area contributed by atoms with Crippen LogP contribution in [-0.2, 0) is 6.61 Å². The lowest BCUT2D eigenvalue weighted by Crippen LogP contribution is -2.44. The number of hydrogen-bond acceptors (Lipinski definition) is 5. The number of H-pyrrole nitrogens is 1. The van der Waals surface area contributed by atoms with Crippen molar-refractivity contribution in [3.8, 4) is 11.3 Å². The minimum absolute atomic E-state index is 0.0526. The Morgan fingerprint density at radius 1 is 1.32 bits per heavy atom. The predicted octanol–water partition coefficient (Wildman–Crippen LogP) is 3.17. The standard InChI is InChI=1S/C19H27N3O2S/c1-13(25-2)11-22-17(4-3-5-18(22)24)19-20-10-16(21-19)15-8-6-14(12-23)7-9-15/h6-10,13,17-18,23-24H,3-5,11-12H2,1-2H3,(H,20,21). The second-order valence-electron chi connectivity index (χ2n) is 6.71. The van der Waals surface area contributed by atoms with Gasteiger partial charge in [-0.1, -0.05) is 31.2 Å². The van der Waals surface area contributed by atoms with Crippen LogP contribution in [0.15, 0.2) is 30.5 Å². The van der Waals surface area contributed by atoms with E-state index in [-0.39, 0.29) is 12.6 Å². The number of aliphatic hydroxyl groups is 2. The molecule has 3 N–H and O–H groups in total. The zero-order valence-electron chi connectivity index (χ0n) is 14.9. The van der Waals surface area contributed by atoms with E-state index in [1.54, 1.807) is 0 Å². The van der Waals surface area contributed by atoms with Crippen LogP contribution >= 0.6 is 11.8 Å². The first kappa shape index (κ1) is 18.5. The Kier molecular flexibility index (Phi) is 6.17. The fourth-order valence-corrected chi connectivity index (χ4v) is 3.71. The highest BCUT2D eigenvalue weighted by Crippen LogP contribution is 2.34. The van der Waals surface area contributed by atoms with Crippen LogP contribution in [0.4, 0.5) is 0 Å². The van der Waals surface area contributed by atoms with Gasteiger partial charge in [0.25, 0.3) is 0 Å². The zero-order chi connectivity index (χ0) is 17.8. The van der Waals surface area contributed by atoms with E-state index in [0.29, 0.717) is 5.25 Å². The molecule has 0 amide bonds. The molecule has 3 unspecified atom stereocenters. The second-order valence-corrected chi connectivity index (χ2v) is 7.98. The van der Waals surface area contributed by atoms with Gasteiger partial charge in [-0.25, -0.2) is 4.98 Å². The van der Waals surface area contributed by atoms with Gasteiger partial charge in [0.2, 0.25) is 0 Å². The average molecular weight is 362 g/mol. The number of aliphatic hydroxyl groups excluding tert-OH is 2. The highest BCUT2D eigenvalue weighted by atomic mass is 32.2. The topological polar surface area (TPSA) is 72.4 Å². The molecule has 1 saturated heterocycles. The monoisotopic (exact) mass is 361 g/mol. The van der Waals surface area contributed by atoms with E-state index in [1.807, 2.05) is 42.2 Å². The molecule has 25 heavy (non-hydrogen) atoms. The Hall–Kier alpha value is -1.34. The van der Waals surface area contributed by atoms with E-state index in [9.17, 15) is 5.11 Å². The number of imidazole rings is 1. The SMILES string of the molecule is CSC(C)CN1C(O)CCCC1c1ncc(-c2ccc(CO)cc2)[nH]1. The number of aromatic nitrogens is 2. The third-order valence-electron chi connectivity index (χ3n) is 4.95. The largest absolute Gasteiger partial charge is 0.392 e. The number of thioether (sulfide) groups is 1. The van der Waals surface area contributed by atoms with Crippen LogP contribution in [0.1, 0.15) is 43.6 Å². The molecule has 5 nitrogen and oxygen atoms in total. The number of nitrogens with zero attached hydrogens (tertiary/aromatic N) is 2. The van der Waals surface area contributed by atoms with Crippen molar-refractivity contribution in [2.45, 2.75) is 50.3 Å². The van der Waals surface area contributed by atoms with Gasteiger partial charge in [-0.15, -0.1) is 0 Å². The van der Waals surface area contributed by atoms with E-state index >= 15 is 0 Å². The van der Waals surface area contributed by atoms with Gasteiger partial charge in [-0.2, -0.15) is 11.8 Å². The lowest BCUT2D eigenvalue weighted by atomic mass is 10.00. The molecule has 3 atom stereocenters. The maximum absolute atomic E-state index is 10.5. The van der Waals surface area contributed by atoms with Crippen molar-refractivity contribution >= 4 is 11.8 Å². The summed E-state index contributed by atoms with van der Waals surface area (Å²) in [5.41, 5.74) is 2.92. The molecule has 2 aromatic rings. The molecular formula is C19H27N3O2S. The van der Waals surface area contributed by atoms with Crippen LogP contribution in [0.5, 0.6) is 0 Å². The van der Waals surface area contributed by atoms with Crippen LogP contribution in [0, 0.1) is 0 Å². The summed E-state index contributed by atoms with van der Waals surface area (Å²) in [6, 6.07) is 7.96. The van der Waals surface area contributed by atoms with E-state index in [1.165, 1.54) is 0 Å². The van der Waals surface area contributed by atoms with E-state index in [0.717, 1.165) is 48.5 Å². The molecule has 1 fully saturated rings. The van der Waals surface area contributed by atoms with Gasteiger partial charge in [0.05, 0.1) is 24.5 Å². The number of rotatable bonds is 6. The van der Waals surface area contributed by atoms with Crippen molar-refractivity contribution < 1.29 is 10.2 Å². The fraction of sp³-hybridized carbons (Fsp3) is 0.526. The Morgan fingerprint density at radius 2 is 2.08 bits per heavy atom. The van der Waals surface area contributed by atoms with Crippen molar-refractivity contribution in [3.63, 3.8) is 0 Å². The van der Waals surface area contributed by atoms with Crippen molar-refractivity contribution in [2.24, 2.45) is 0 Å². The van der Waals surface area contributed by atoms with Crippen LogP contribution in [0.3, 0.4) is 0 Å². The summed E-state index contributed by atoms with van der Waals surface area (Å²) >= 11 is 1.82. The van der Waals surface area contributed by atoms with Crippen molar-refractivity contribution in [1.82, 2.24) is 14.9 Å². The number of piperidine rings is 1. The number of aromatic amines is 1.